The van der Waals surface area contributed by atoms with Crippen LogP contribution in [0.4, 0.5) is 22.0 Å². The van der Waals surface area contributed by atoms with Crippen LogP contribution in [0.25, 0.3) is 0 Å². The number of alkyl halides is 3. The summed E-state index contributed by atoms with van der Waals surface area (Å²) in [4.78, 5) is 10.9. The van der Waals surface area contributed by atoms with Gasteiger partial charge in [-0.2, -0.15) is 13.2 Å². The first-order chi connectivity index (χ1) is 7.28. The van der Waals surface area contributed by atoms with Crippen molar-refractivity contribution in [3.8, 4) is 0 Å². The van der Waals surface area contributed by atoms with Gasteiger partial charge in [-0.15, -0.1) is 0 Å². The van der Waals surface area contributed by atoms with Crippen molar-refractivity contribution in [2.45, 2.75) is 19.0 Å². The molecule has 6 heteroatoms. The highest BCUT2D eigenvalue weighted by Gasteiger charge is 2.31. The minimum atomic E-state index is -4.60. The summed E-state index contributed by atoms with van der Waals surface area (Å²) in [6.07, 6.45) is -6.90. The molecule has 0 fully saturated rings. The van der Waals surface area contributed by atoms with E-state index in [2.05, 4.69) is 0 Å². The predicted octanol–water partition coefficient (Wildman–Crippen LogP) is 3.03. The number of hydrogen-bond donors (Lipinski definition) is 0. The smallest absolute Gasteiger partial charge is 0.299 e. The second-order valence-corrected chi connectivity index (χ2v) is 3.24. The Balaban J connectivity index is 2.70. The second-order valence-electron chi connectivity index (χ2n) is 3.24. The number of rotatable bonds is 3. The lowest BCUT2D eigenvalue weighted by Gasteiger charge is -2.06. The van der Waals surface area contributed by atoms with Gasteiger partial charge in [-0.25, -0.2) is 8.78 Å². The Kier molecular flexibility index (Phi) is 3.62. The van der Waals surface area contributed by atoms with Crippen LogP contribution in [-0.4, -0.2) is 12.0 Å². The van der Waals surface area contributed by atoms with Crippen molar-refractivity contribution < 1.29 is 26.7 Å². The van der Waals surface area contributed by atoms with Gasteiger partial charge < -0.3 is 0 Å². The topological polar surface area (TPSA) is 17.1 Å². The maximum absolute atomic E-state index is 13.0. The third-order valence-corrected chi connectivity index (χ3v) is 1.80. The summed E-state index contributed by atoms with van der Waals surface area (Å²) >= 11 is 0. The average Bonchev–Trinajstić information content (AvgIpc) is 2.06. The number of Topliss-reactive ketones (excluding diaryl/α,β-unsaturated/α-hetero) is 1. The zero-order chi connectivity index (χ0) is 12.3. The summed E-state index contributed by atoms with van der Waals surface area (Å²) < 4.78 is 60.8. The fraction of sp³-hybridized carbons (Fsp3) is 0.300. The highest BCUT2D eigenvalue weighted by atomic mass is 19.4. The van der Waals surface area contributed by atoms with E-state index in [1.165, 1.54) is 0 Å². The van der Waals surface area contributed by atoms with Crippen molar-refractivity contribution in [2.75, 3.05) is 0 Å². The first-order valence-corrected chi connectivity index (χ1v) is 4.30. The van der Waals surface area contributed by atoms with E-state index >= 15 is 0 Å². The lowest BCUT2D eigenvalue weighted by molar-refractivity contribution is -0.151. The van der Waals surface area contributed by atoms with Crippen LogP contribution in [0.2, 0.25) is 0 Å². The molecule has 0 atom stereocenters. The Morgan fingerprint density at radius 2 is 1.81 bits per heavy atom. The Bertz CT molecular complexity index is 397. The largest absolute Gasteiger partial charge is 0.395 e. The molecular weight excluding hydrogens is 231 g/mol. The van der Waals surface area contributed by atoms with E-state index in [1.807, 2.05) is 0 Å². The predicted molar refractivity (Wildman–Crippen MR) is 45.7 cm³/mol. The minimum Gasteiger partial charge on any atom is -0.299 e. The molecule has 0 amide bonds. The van der Waals surface area contributed by atoms with Crippen LogP contribution in [0.1, 0.15) is 12.0 Å². The van der Waals surface area contributed by atoms with Crippen molar-refractivity contribution in [1.29, 1.82) is 0 Å². The highest BCUT2D eigenvalue weighted by Crippen LogP contribution is 2.21. The molecule has 0 saturated carbocycles. The Labute approximate surface area is 87.9 Å². The number of halogens is 5. The Morgan fingerprint density at radius 3 is 2.31 bits per heavy atom. The molecular formula is C10H7F5O. The molecule has 0 aliphatic rings. The summed E-state index contributed by atoms with van der Waals surface area (Å²) in [7, 11) is 0. The number of benzene rings is 1. The zero-order valence-electron chi connectivity index (χ0n) is 7.94. The van der Waals surface area contributed by atoms with Gasteiger partial charge in [0.25, 0.3) is 0 Å². The van der Waals surface area contributed by atoms with Crippen LogP contribution in [0.3, 0.4) is 0 Å². The molecule has 0 saturated heterocycles. The first-order valence-electron chi connectivity index (χ1n) is 4.30. The third kappa shape index (κ3) is 3.96. The molecule has 0 radical (unpaired) electrons. The van der Waals surface area contributed by atoms with E-state index in [1.54, 1.807) is 0 Å². The van der Waals surface area contributed by atoms with Crippen LogP contribution >= 0.6 is 0 Å². The first kappa shape index (κ1) is 12.6. The van der Waals surface area contributed by atoms with Crippen LogP contribution in [-0.2, 0) is 11.2 Å². The monoisotopic (exact) mass is 238 g/mol. The number of hydrogen-bond acceptors (Lipinski definition) is 1. The molecule has 0 spiro atoms. The fourth-order valence-electron chi connectivity index (χ4n) is 1.16. The fourth-order valence-corrected chi connectivity index (χ4v) is 1.16. The van der Waals surface area contributed by atoms with E-state index in [0.29, 0.717) is 6.07 Å². The van der Waals surface area contributed by atoms with E-state index in [9.17, 15) is 26.7 Å². The van der Waals surface area contributed by atoms with Crippen LogP contribution in [0.15, 0.2) is 18.2 Å². The van der Waals surface area contributed by atoms with E-state index in [4.69, 9.17) is 0 Å². The minimum absolute atomic E-state index is 0.240. The Morgan fingerprint density at radius 1 is 1.19 bits per heavy atom. The van der Waals surface area contributed by atoms with Crippen molar-refractivity contribution in [2.24, 2.45) is 0 Å². The molecule has 1 rings (SSSR count). The average molecular weight is 238 g/mol. The molecule has 0 aromatic heterocycles. The summed E-state index contributed by atoms with van der Waals surface area (Å²) in [5, 5.41) is 0. The van der Waals surface area contributed by atoms with Gasteiger partial charge in [0.05, 0.1) is 0 Å². The molecule has 16 heavy (non-hydrogen) atoms. The van der Waals surface area contributed by atoms with E-state index in [0.717, 1.165) is 12.1 Å². The van der Waals surface area contributed by atoms with Gasteiger partial charge in [0, 0.05) is 12.5 Å². The molecule has 1 nitrogen and oxygen atoms in total. The van der Waals surface area contributed by atoms with E-state index < -0.39 is 36.4 Å². The second kappa shape index (κ2) is 4.59. The summed E-state index contributed by atoms with van der Waals surface area (Å²) in [5.74, 6) is -3.02. The number of carbonyl (C=O) groups is 1. The molecule has 0 heterocycles. The molecule has 0 bridgehead atoms. The number of carbonyl (C=O) groups excluding carboxylic acids is 1. The summed E-state index contributed by atoms with van der Waals surface area (Å²) in [6, 6.07) is 2.37. The van der Waals surface area contributed by atoms with Crippen molar-refractivity contribution in [1.82, 2.24) is 0 Å². The summed E-state index contributed by atoms with van der Waals surface area (Å²) in [5.41, 5.74) is -0.240. The maximum Gasteiger partial charge on any atom is 0.395 e. The zero-order valence-corrected chi connectivity index (χ0v) is 7.94. The van der Waals surface area contributed by atoms with Crippen molar-refractivity contribution >= 4 is 5.78 Å². The van der Waals surface area contributed by atoms with Crippen LogP contribution < -0.4 is 0 Å². The molecule has 0 aliphatic carbocycles. The lowest BCUT2D eigenvalue weighted by atomic mass is 10.1. The van der Waals surface area contributed by atoms with Crippen LogP contribution in [0, 0.1) is 11.6 Å². The standard InChI is InChI=1S/C10H7F5O/c11-7-2-1-6(9(12)4-7)3-8(16)5-10(13,14)15/h1-2,4H,3,5H2. The van der Waals surface area contributed by atoms with Gasteiger partial charge in [-0.05, 0) is 11.6 Å². The summed E-state index contributed by atoms with van der Waals surface area (Å²) in [6.45, 7) is 0. The molecule has 1 aromatic rings. The Hall–Kier alpha value is -1.46. The SMILES string of the molecule is O=C(Cc1ccc(F)cc1F)CC(F)(F)F. The van der Waals surface area contributed by atoms with Gasteiger partial charge in [0.15, 0.2) is 0 Å². The van der Waals surface area contributed by atoms with Gasteiger partial charge in [-0.3, -0.25) is 4.79 Å². The van der Waals surface area contributed by atoms with Crippen molar-refractivity contribution in [3.63, 3.8) is 0 Å². The molecule has 0 aliphatic heterocycles. The molecule has 1 aromatic carbocycles. The van der Waals surface area contributed by atoms with Crippen LogP contribution in [0.5, 0.6) is 0 Å². The molecule has 0 unspecified atom stereocenters. The van der Waals surface area contributed by atoms with Gasteiger partial charge in [0.1, 0.15) is 23.8 Å². The lowest BCUT2D eigenvalue weighted by Crippen LogP contribution is -2.17. The quantitative estimate of drug-likeness (QED) is 0.740. The number of ketones is 1. The third-order valence-electron chi connectivity index (χ3n) is 1.80. The van der Waals surface area contributed by atoms with Gasteiger partial charge in [-0.1, -0.05) is 6.07 Å². The molecule has 0 N–H and O–H groups in total. The highest BCUT2D eigenvalue weighted by molar-refractivity contribution is 5.81. The maximum atomic E-state index is 13.0. The van der Waals surface area contributed by atoms with Gasteiger partial charge >= 0.3 is 6.18 Å². The van der Waals surface area contributed by atoms with E-state index in [-0.39, 0.29) is 5.56 Å². The molecule has 88 valence electrons. The van der Waals surface area contributed by atoms with Gasteiger partial charge in [0.2, 0.25) is 0 Å². The van der Waals surface area contributed by atoms with Crippen molar-refractivity contribution in [3.05, 3.63) is 35.4 Å². The normalized spacial score (nSPS) is 11.6.